The normalized spacial score (nSPS) is 17.4. The van der Waals surface area contributed by atoms with Crippen LogP contribution in [-0.2, 0) is 17.6 Å². The third-order valence-electron chi connectivity index (χ3n) is 3.57. The summed E-state index contributed by atoms with van der Waals surface area (Å²) in [6.07, 6.45) is 4.19. The molecular weight excluding hydrogens is 272 g/mol. The molecule has 0 saturated carbocycles. The smallest absolute Gasteiger partial charge is 0.261 e. The van der Waals surface area contributed by atoms with Crippen molar-refractivity contribution in [2.24, 2.45) is 5.92 Å². The molecule has 1 aromatic heterocycles. The van der Waals surface area contributed by atoms with Crippen LogP contribution in [-0.4, -0.2) is 24.9 Å². The van der Waals surface area contributed by atoms with Gasteiger partial charge in [0.25, 0.3) is 5.91 Å². The Kier molecular flexibility index (Phi) is 5.17. The van der Waals surface area contributed by atoms with Gasteiger partial charge in [0.05, 0.1) is 4.88 Å². The molecule has 20 heavy (non-hydrogen) atoms. The van der Waals surface area contributed by atoms with E-state index >= 15 is 0 Å². The molecule has 1 aromatic rings. The maximum atomic E-state index is 12.1. The molecule has 1 aliphatic carbocycles. The molecule has 1 atom stereocenters. The molecule has 2 rings (SSSR count). The summed E-state index contributed by atoms with van der Waals surface area (Å²) in [5.74, 6) is 0.710. The van der Waals surface area contributed by atoms with Gasteiger partial charge in [-0.2, -0.15) is 0 Å². The molecule has 0 saturated heterocycles. The SMILES string of the molecule is CC(=O)NCCCNC(=O)c1cc2c(s1)CCC(C)C2. The first-order chi connectivity index (χ1) is 9.56. The van der Waals surface area contributed by atoms with Crippen LogP contribution in [0.4, 0.5) is 0 Å². The fourth-order valence-corrected chi connectivity index (χ4v) is 3.58. The van der Waals surface area contributed by atoms with Crippen molar-refractivity contribution in [1.82, 2.24) is 10.6 Å². The number of carbonyl (C=O) groups is 2. The number of thiophene rings is 1. The van der Waals surface area contributed by atoms with E-state index in [4.69, 9.17) is 0 Å². The van der Waals surface area contributed by atoms with E-state index in [0.29, 0.717) is 13.1 Å². The molecule has 4 nitrogen and oxygen atoms in total. The molecular formula is C15H22N2O2S. The molecule has 0 radical (unpaired) electrons. The first-order valence-corrected chi connectivity index (χ1v) is 8.02. The van der Waals surface area contributed by atoms with Crippen LogP contribution in [0.1, 0.15) is 46.8 Å². The van der Waals surface area contributed by atoms with Crippen molar-refractivity contribution >= 4 is 23.2 Å². The van der Waals surface area contributed by atoms with Crippen LogP contribution in [0.25, 0.3) is 0 Å². The fraction of sp³-hybridized carbons (Fsp3) is 0.600. The summed E-state index contributed by atoms with van der Waals surface area (Å²) in [6, 6.07) is 2.05. The van der Waals surface area contributed by atoms with Gasteiger partial charge in [-0.1, -0.05) is 6.92 Å². The number of hydrogen-bond donors (Lipinski definition) is 2. The lowest BCUT2D eigenvalue weighted by Crippen LogP contribution is -2.28. The van der Waals surface area contributed by atoms with Gasteiger partial charge in [0.15, 0.2) is 0 Å². The molecule has 110 valence electrons. The van der Waals surface area contributed by atoms with Crippen LogP contribution in [0.15, 0.2) is 6.07 Å². The molecule has 1 heterocycles. The second-order valence-electron chi connectivity index (χ2n) is 5.50. The van der Waals surface area contributed by atoms with Crippen LogP contribution in [0, 0.1) is 5.92 Å². The van der Waals surface area contributed by atoms with Gasteiger partial charge in [0.1, 0.15) is 0 Å². The molecule has 1 unspecified atom stereocenters. The van der Waals surface area contributed by atoms with Crippen molar-refractivity contribution in [3.05, 3.63) is 21.4 Å². The number of hydrogen-bond acceptors (Lipinski definition) is 3. The Labute approximate surface area is 124 Å². The van der Waals surface area contributed by atoms with Crippen LogP contribution in [0.5, 0.6) is 0 Å². The Morgan fingerprint density at radius 2 is 2.10 bits per heavy atom. The Morgan fingerprint density at radius 1 is 1.35 bits per heavy atom. The highest BCUT2D eigenvalue weighted by Crippen LogP contribution is 2.32. The third kappa shape index (κ3) is 4.07. The minimum Gasteiger partial charge on any atom is -0.356 e. The van der Waals surface area contributed by atoms with Crippen molar-refractivity contribution in [1.29, 1.82) is 0 Å². The zero-order chi connectivity index (χ0) is 14.5. The van der Waals surface area contributed by atoms with E-state index in [1.807, 2.05) is 0 Å². The van der Waals surface area contributed by atoms with E-state index in [1.165, 1.54) is 23.8 Å². The molecule has 1 aliphatic rings. The molecule has 0 aliphatic heterocycles. The highest BCUT2D eigenvalue weighted by atomic mass is 32.1. The maximum absolute atomic E-state index is 12.1. The van der Waals surface area contributed by atoms with E-state index in [1.54, 1.807) is 11.3 Å². The van der Waals surface area contributed by atoms with Gasteiger partial charge in [0.2, 0.25) is 5.91 Å². The third-order valence-corrected chi connectivity index (χ3v) is 4.80. The summed E-state index contributed by atoms with van der Waals surface area (Å²) >= 11 is 1.63. The Morgan fingerprint density at radius 3 is 2.85 bits per heavy atom. The van der Waals surface area contributed by atoms with Gasteiger partial charge in [-0.15, -0.1) is 11.3 Å². The molecule has 5 heteroatoms. The summed E-state index contributed by atoms with van der Waals surface area (Å²) in [5, 5.41) is 5.63. The lowest BCUT2D eigenvalue weighted by molar-refractivity contribution is -0.118. The Balaban J connectivity index is 1.80. The Hall–Kier alpha value is -1.36. The van der Waals surface area contributed by atoms with Gasteiger partial charge in [-0.05, 0) is 43.2 Å². The van der Waals surface area contributed by atoms with Crippen molar-refractivity contribution in [3.8, 4) is 0 Å². The van der Waals surface area contributed by atoms with E-state index < -0.39 is 0 Å². The van der Waals surface area contributed by atoms with Crippen molar-refractivity contribution in [2.75, 3.05) is 13.1 Å². The van der Waals surface area contributed by atoms with E-state index in [-0.39, 0.29) is 11.8 Å². The van der Waals surface area contributed by atoms with Crippen LogP contribution >= 0.6 is 11.3 Å². The topological polar surface area (TPSA) is 58.2 Å². The van der Waals surface area contributed by atoms with Crippen molar-refractivity contribution < 1.29 is 9.59 Å². The van der Waals surface area contributed by atoms with E-state index in [2.05, 4.69) is 23.6 Å². The molecule has 0 aromatic carbocycles. The van der Waals surface area contributed by atoms with Crippen LogP contribution in [0.2, 0.25) is 0 Å². The molecule has 2 N–H and O–H groups in total. The number of amides is 2. The number of nitrogens with one attached hydrogen (secondary N) is 2. The minimum atomic E-state index is -0.0311. The Bertz CT molecular complexity index is 496. The molecule has 0 fully saturated rings. The monoisotopic (exact) mass is 294 g/mol. The van der Waals surface area contributed by atoms with Crippen LogP contribution < -0.4 is 10.6 Å². The highest BCUT2D eigenvalue weighted by molar-refractivity contribution is 7.14. The number of aryl methyl sites for hydroxylation is 1. The van der Waals surface area contributed by atoms with Gasteiger partial charge < -0.3 is 10.6 Å². The average Bonchev–Trinajstić information content (AvgIpc) is 2.80. The molecule has 2 amide bonds. The predicted molar refractivity (Wildman–Crippen MR) is 81.1 cm³/mol. The zero-order valence-electron chi connectivity index (χ0n) is 12.1. The quantitative estimate of drug-likeness (QED) is 0.817. The second-order valence-corrected chi connectivity index (χ2v) is 6.64. The van der Waals surface area contributed by atoms with Gasteiger partial charge in [0, 0.05) is 24.9 Å². The van der Waals surface area contributed by atoms with Gasteiger partial charge in [-0.3, -0.25) is 9.59 Å². The first kappa shape index (κ1) is 15.0. The summed E-state index contributed by atoms with van der Waals surface area (Å²) in [4.78, 5) is 25.0. The van der Waals surface area contributed by atoms with Crippen molar-refractivity contribution in [3.63, 3.8) is 0 Å². The highest BCUT2D eigenvalue weighted by Gasteiger charge is 2.20. The number of rotatable bonds is 5. The lowest BCUT2D eigenvalue weighted by Gasteiger charge is -2.16. The fourth-order valence-electron chi connectivity index (χ4n) is 2.46. The second kappa shape index (κ2) is 6.88. The molecule has 0 spiro atoms. The predicted octanol–water partition coefficient (Wildman–Crippen LogP) is 2.13. The summed E-state index contributed by atoms with van der Waals surface area (Å²) in [6.45, 7) is 4.96. The standard InChI is InChI=1S/C15H22N2O2S/c1-10-4-5-13-12(8-10)9-14(20-13)15(19)17-7-3-6-16-11(2)18/h9-10H,3-8H2,1-2H3,(H,16,18)(H,17,19). The largest absolute Gasteiger partial charge is 0.356 e. The first-order valence-electron chi connectivity index (χ1n) is 7.20. The minimum absolute atomic E-state index is 0.0138. The average molecular weight is 294 g/mol. The number of fused-ring (bicyclic) bond motifs is 1. The van der Waals surface area contributed by atoms with Gasteiger partial charge in [-0.25, -0.2) is 0 Å². The summed E-state index contributed by atoms with van der Waals surface area (Å²) in [7, 11) is 0. The summed E-state index contributed by atoms with van der Waals surface area (Å²) in [5.41, 5.74) is 1.36. The maximum Gasteiger partial charge on any atom is 0.261 e. The van der Waals surface area contributed by atoms with Crippen molar-refractivity contribution in [2.45, 2.75) is 39.5 Å². The van der Waals surface area contributed by atoms with E-state index in [0.717, 1.165) is 30.1 Å². The zero-order valence-corrected chi connectivity index (χ0v) is 12.9. The van der Waals surface area contributed by atoms with Gasteiger partial charge >= 0.3 is 0 Å². The lowest BCUT2D eigenvalue weighted by atomic mass is 9.90. The molecule has 0 bridgehead atoms. The van der Waals surface area contributed by atoms with E-state index in [9.17, 15) is 9.59 Å². The number of carbonyl (C=O) groups excluding carboxylic acids is 2. The van der Waals surface area contributed by atoms with Crippen LogP contribution in [0.3, 0.4) is 0 Å². The summed E-state index contributed by atoms with van der Waals surface area (Å²) < 4.78 is 0.